The number of amides is 2. The molecule has 86 valence electrons. The van der Waals surface area contributed by atoms with Crippen molar-refractivity contribution in [1.29, 1.82) is 0 Å². The molecule has 5 nitrogen and oxygen atoms in total. The van der Waals surface area contributed by atoms with Crippen molar-refractivity contribution in [2.24, 2.45) is 0 Å². The van der Waals surface area contributed by atoms with Crippen molar-refractivity contribution in [3.63, 3.8) is 0 Å². The Morgan fingerprint density at radius 2 is 1.81 bits per heavy atom. The number of nitrogens with two attached hydrogens (primary N) is 1. The van der Waals surface area contributed by atoms with Gasteiger partial charge in [-0.15, -0.1) is 0 Å². The van der Waals surface area contributed by atoms with Gasteiger partial charge in [0.1, 0.15) is 6.04 Å². The van der Waals surface area contributed by atoms with Crippen LogP contribution in [0, 0.1) is 0 Å². The predicted molar refractivity (Wildman–Crippen MR) is 61.8 cm³/mol. The number of anilines is 1. The lowest BCUT2D eigenvalue weighted by atomic mass is 10.2. The summed E-state index contributed by atoms with van der Waals surface area (Å²) in [7, 11) is 1.52. The van der Waals surface area contributed by atoms with Crippen molar-refractivity contribution in [2.45, 2.75) is 13.0 Å². The summed E-state index contributed by atoms with van der Waals surface area (Å²) in [4.78, 5) is 22.8. The molecular weight excluding hydrogens is 206 g/mol. The Labute approximate surface area is 94.0 Å². The Hall–Kier alpha value is -2.04. The van der Waals surface area contributed by atoms with Crippen LogP contribution in [0.4, 0.5) is 5.69 Å². The first-order valence-corrected chi connectivity index (χ1v) is 4.92. The maximum Gasteiger partial charge on any atom is 0.251 e. The van der Waals surface area contributed by atoms with Crippen molar-refractivity contribution < 1.29 is 9.59 Å². The molecule has 0 radical (unpaired) electrons. The summed E-state index contributed by atoms with van der Waals surface area (Å²) in [5.74, 6) is -0.528. The molecule has 0 heterocycles. The Bertz CT molecular complexity index is 387. The summed E-state index contributed by atoms with van der Waals surface area (Å²) in [6, 6.07) is 5.94. The zero-order valence-corrected chi connectivity index (χ0v) is 9.28. The molecule has 16 heavy (non-hydrogen) atoms. The molecule has 0 spiro atoms. The van der Waals surface area contributed by atoms with E-state index in [2.05, 4.69) is 10.6 Å². The molecule has 0 saturated heterocycles. The van der Waals surface area contributed by atoms with Gasteiger partial charge in [-0.2, -0.15) is 0 Å². The SMILES string of the molecule is CNC(=O)C(C)NC(=O)c1ccc(N)cc1. The second-order valence-corrected chi connectivity index (χ2v) is 3.43. The third-order valence-corrected chi connectivity index (χ3v) is 2.16. The largest absolute Gasteiger partial charge is 0.399 e. The summed E-state index contributed by atoms with van der Waals surface area (Å²) in [6.07, 6.45) is 0. The minimum atomic E-state index is -0.560. The second kappa shape index (κ2) is 5.16. The van der Waals surface area contributed by atoms with Gasteiger partial charge in [0.15, 0.2) is 0 Å². The van der Waals surface area contributed by atoms with Crippen LogP contribution in [0.1, 0.15) is 17.3 Å². The Morgan fingerprint density at radius 3 is 2.31 bits per heavy atom. The molecule has 0 aliphatic carbocycles. The predicted octanol–water partition coefficient (Wildman–Crippen LogP) is 0.133. The minimum absolute atomic E-state index is 0.233. The van der Waals surface area contributed by atoms with E-state index in [1.54, 1.807) is 31.2 Å². The molecule has 5 heteroatoms. The average Bonchev–Trinajstić information content (AvgIpc) is 2.28. The summed E-state index contributed by atoms with van der Waals surface area (Å²) in [6.45, 7) is 1.62. The molecule has 2 amide bonds. The van der Waals surface area contributed by atoms with E-state index >= 15 is 0 Å². The van der Waals surface area contributed by atoms with Crippen LogP contribution in [0.5, 0.6) is 0 Å². The summed E-state index contributed by atoms with van der Waals surface area (Å²) in [5.41, 5.74) is 6.57. The van der Waals surface area contributed by atoms with Gasteiger partial charge in [-0.3, -0.25) is 9.59 Å². The molecule has 0 fully saturated rings. The van der Waals surface area contributed by atoms with Gasteiger partial charge in [-0.05, 0) is 31.2 Å². The Morgan fingerprint density at radius 1 is 1.25 bits per heavy atom. The first kappa shape index (κ1) is 12.0. The minimum Gasteiger partial charge on any atom is -0.399 e. The Kier molecular flexibility index (Phi) is 3.88. The maximum atomic E-state index is 11.7. The smallest absolute Gasteiger partial charge is 0.251 e. The van der Waals surface area contributed by atoms with Crippen molar-refractivity contribution >= 4 is 17.5 Å². The van der Waals surface area contributed by atoms with Gasteiger partial charge in [0.2, 0.25) is 5.91 Å². The van der Waals surface area contributed by atoms with Crippen molar-refractivity contribution in [3.05, 3.63) is 29.8 Å². The van der Waals surface area contributed by atoms with E-state index in [1.807, 2.05) is 0 Å². The fourth-order valence-corrected chi connectivity index (χ4v) is 1.20. The van der Waals surface area contributed by atoms with Crippen LogP contribution in [0.15, 0.2) is 24.3 Å². The zero-order chi connectivity index (χ0) is 12.1. The number of carbonyl (C=O) groups is 2. The highest BCUT2D eigenvalue weighted by Crippen LogP contribution is 2.05. The molecule has 0 aliphatic rings. The van der Waals surface area contributed by atoms with Crippen LogP contribution >= 0.6 is 0 Å². The van der Waals surface area contributed by atoms with Crippen LogP contribution in [0.2, 0.25) is 0 Å². The number of nitrogen functional groups attached to an aromatic ring is 1. The van der Waals surface area contributed by atoms with Gasteiger partial charge < -0.3 is 16.4 Å². The van der Waals surface area contributed by atoms with E-state index in [0.717, 1.165) is 0 Å². The van der Waals surface area contributed by atoms with E-state index in [0.29, 0.717) is 11.3 Å². The molecule has 1 aromatic rings. The topological polar surface area (TPSA) is 84.2 Å². The standard InChI is InChI=1S/C11H15N3O2/c1-7(10(15)13-2)14-11(16)8-3-5-9(12)6-4-8/h3-7H,12H2,1-2H3,(H,13,15)(H,14,16). The molecule has 0 aromatic heterocycles. The average molecular weight is 221 g/mol. The molecule has 1 unspecified atom stereocenters. The zero-order valence-electron chi connectivity index (χ0n) is 9.28. The third-order valence-electron chi connectivity index (χ3n) is 2.16. The number of carbonyl (C=O) groups excluding carboxylic acids is 2. The molecule has 0 aliphatic heterocycles. The summed E-state index contributed by atoms with van der Waals surface area (Å²) < 4.78 is 0. The van der Waals surface area contributed by atoms with E-state index in [-0.39, 0.29) is 11.8 Å². The fraction of sp³-hybridized carbons (Fsp3) is 0.273. The lowest BCUT2D eigenvalue weighted by Crippen LogP contribution is -2.43. The van der Waals surface area contributed by atoms with Gasteiger partial charge in [0.05, 0.1) is 0 Å². The number of likely N-dealkylation sites (N-methyl/N-ethyl adjacent to an activating group) is 1. The summed E-state index contributed by atoms with van der Waals surface area (Å²) >= 11 is 0. The first-order chi connectivity index (χ1) is 7.54. The fourth-order valence-electron chi connectivity index (χ4n) is 1.20. The number of hydrogen-bond donors (Lipinski definition) is 3. The van der Waals surface area contributed by atoms with Crippen LogP contribution in [0.25, 0.3) is 0 Å². The highest BCUT2D eigenvalue weighted by molar-refractivity contribution is 5.97. The molecule has 1 aromatic carbocycles. The molecule has 1 atom stereocenters. The van der Waals surface area contributed by atoms with E-state index < -0.39 is 6.04 Å². The molecular formula is C11H15N3O2. The monoisotopic (exact) mass is 221 g/mol. The molecule has 0 saturated carbocycles. The van der Waals surface area contributed by atoms with Gasteiger partial charge in [-0.1, -0.05) is 0 Å². The van der Waals surface area contributed by atoms with E-state index in [1.165, 1.54) is 7.05 Å². The molecule has 4 N–H and O–H groups in total. The number of nitrogens with one attached hydrogen (secondary N) is 2. The van der Waals surface area contributed by atoms with Crippen LogP contribution in [-0.2, 0) is 4.79 Å². The van der Waals surface area contributed by atoms with Crippen molar-refractivity contribution in [3.8, 4) is 0 Å². The van der Waals surface area contributed by atoms with E-state index in [9.17, 15) is 9.59 Å². The van der Waals surface area contributed by atoms with Crippen LogP contribution in [-0.4, -0.2) is 24.9 Å². The van der Waals surface area contributed by atoms with Crippen molar-refractivity contribution in [1.82, 2.24) is 10.6 Å². The Balaban J connectivity index is 2.65. The second-order valence-electron chi connectivity index (χ2n) is 3.43. The van der Waals surface area contributed by atoms with Crippen molar-refractivity contribution in [2.75, 3.05) is 12.8 Å². The van der Waals surface area contributed by atoms with Gasteiger partial charge in [0, 0.05) is 18.3 Å². The first-order valence-electron chi connectivity index (χ1n) is 4.92. The quantitative estimate of drug-likeness (QED) is 0.634. The highest BCUT2D eigenvalue weighted by Gasteiger charge is 2.14. The lowest BCUT2D eigenvalue weighted by molar-refractivity contribution is -0.122. The normalized spacial score (nSPS) is 11.6. The number of hydrogen-bond acceptors (Lipinski definition) is 3. The van der Waals surface area contributed by atoms with Gasteiger partial charge in [0.25, 0.3) is 5.91 Å². The lowest BCUT2D eigenvalue weighted by Gasteiger charge is -2.12. The highest BCUT2D eigenvalue weighted by atomic mass is 16.2. The van der Waals surface area contributed by atoms with Crippen LogP contribution < -0.4 is 16.4 Å². The van der Waals surface area contributed by atoms with Crippen LogP contribution in [0.3, 0.4) is 0 Å². The number of benzene rings is 1. The van der Waals surface area contributed by atoms with E-state index in [4.69, 9.17) is 5.73 Å². The third kappa shape index (κ3) is 2.98. The maximum absolute atomic E-state index is 11.7. The van der Waals surface area contributed by atoms with Gasteiger partial charge in [-0.25, -0.2) is 0 Å². The molecule has 0 bridgehead atoms. The van der Waals surface area contributed by atoms with Gasteiger partial charge >= 0.3 is 0 Å². The number of rotatable bonds is 3. The summed E-state index contributed by atoms with van der Waals surface area (Å²) in [5, 5.41) is 5.03. The molecule has 1 rings (SSSR count).